The van der Waals surface area contributed by atoms with Gasteiger partial charge in [0.1, 0.15) is 0 Å². The molecule has 0 unspecified atom stereocenters. The number of pyridine rings is 1. The Morgan fingerprint density at radius 2 is 2.33 bits per heavy atom. The van der Waals surface area contributed by atoms with Crippen molar-refractivity contribution in [3.05, 3.63) is 23.5 Å². The Labute approximate surface area is 107 Å². The molecule has 1 aliphatic carbocycles. The Bertz CT molecular complexity index is 443. The highest BCUT2D eigenvalue weighted by atomic mass is 16.1. The fourth-order valence-corrected chi connectivity index (χ4v) is 1.92. The third-order valence-corrected chi connectivity index (χ3v) is 3.27. The van der Waals surface area contributed by atoms with E-state index >= 15 is 0 Å². The molecule has 0 radical (unpaired) electrons. The second-order valence-electron chi connectivity index (χ2n) is 4.87. The van der Waals surface area contributed by atoms with Crippen LogP contribution in [0.25, 0.3) is 0 Å². The zero-order valence-electron chi connectivity index (χ0n) is 10.9. The standard InChI is InChI=1S/C13H20N4O/c1-9-12(7-10(14)8-16-9)13(18)15-5-6-17(2)11-3-4-11/h7-8,11H,3-6,14H2,1-2H3,(H,15,18). The van der Waals surface area contributed by atoms with Crippen LogP contribution < -0.4 is 11.1 Å². The molecule has 98 valence electrons. The zero-order valence-corrected chi connectivity index (χ0v) is 10.9. The third-order valence-electron chi connectivity index (χ3n) is 3.27. The molecule has 1 aromatic heterocycles. The summed E-state index contributed by atoms with van der Waals surface area (Å²) >= 11 is 0. The highest BCUT2D eigenvalue weighted by Gasteiger charge is 2.25. The number of aryl methyl sites for hydroxylation is 1. The van der Waals surface area contributed by atoms with Crippen molar-refractivity contribution in [2.24, 2.45) is 0 Å². The number of amides is 1. The van der Waals surface area contributed by atoms with Crippen molar-refractivity contribution in [3.63, 3.8) is 0 Å². The van der Waals surface area contributed by atoms with E-state index in [0.717, 1.165) is 12.6 Å². The molecule has 0 spiro atoms. The van der Waals surface area contributed by atoms with Gasteiger partial charge in [-0.15, -0.1) is 0 Å². The molecule has 1 fully saturated rings. The molecule has 1 aliphatic rings. The van der Waals surface area contributed by atoms with Crippen LogP contribution in [-0.4, -0.2) is 42.0 Å². The van der Waals surface area contributed by atoms with E-state index in [0.29, 0.717) is 23.5 Å². The first kappa shape index (κ1) is 12.8. The molecule has 0 aromatic carbocycles. The largest absolute Gasteiger partial charge is 0.397 e. The number of hydrogen-bond acceptors (Lipinski definition) is 4. The number of nitrogens with zero attached hydrogens (tertiary/aromatic N) is 2. The summed E-state index contributed by atoms with van der Waals surface area (Å²) in [7, 11) is 2.09. The van der Waals surface area contributed by atoms with Crippen molar-refractivity contribution in [1.29, 1.82) is 0 Å². The van der Waals surface area contributed by atoms with Crippen LogP contribution in [0.3, 0.4) is 0 Å². The molecular weight excluding hydrogens is 228 g/mol. The van der Waals surface area contributed by atoms with E-state index < -0.39 is 0 Å². The van der Waals surface area contributed by atoms with Crippen LogP contribution in [0.2, 0.25) is 0 Å². The summed E-state index contributed by atoms with van der Waals surface area (Å²) in [6.45, 7) is 3.34. The van der Waals surface area contributed by atoms with E-state index in [2.05, 4.69) is 22.2 Å². The van der Waals surface area contributed by atoms with Crippen molar-refractivity contribution >= 4 is 11.6 Å². The van der Waals surface area contributed by atoms with Crippen molar-refractivity contribution in [2.45, 2.75) is 25.8 Å². The van der Waals surface area contributed by atoms with Gasteiger partial charge in [0, 0.05) is 19.1 Å². The van der Waals surface area contributed by atoms with Gasteiger partial charge in [0.05, 0.1) is 23.1 Å². The smallest absolute Gasteiger partial charge is 0.253 e. The summed E-state index contributed by atoms with van der Waals surface area (Å²) in [5.41, 5.74) is 7.42. The summed E-state index contributed by atoms with van der Waals surface area (Å²) in [5, 5.41) is 2.90. The highest BCUT2D eigenvalue weighted by molar-refractivity contribution is 5.95. The van der Waals surface area contributed by atoms with E-state index in [1.165, 1.54) is 12.8 Å². The number of carbonyl (C=O) groups excluding carboxylic acids is 1. The highest BCUT2D eigenvalue weighted by Crippen LogP contribution is 2.24. The van der Waals surface area contributed by atoms with Crippen LogP contribution in [0.1, 0.15) is 28.9 Å². The summed E-state index contributed by atoms with van der Waals surface area (Å²) in [5.74, 6) is -0.100. The Hall–Kier alpha value is -1.62. The van der Waals surface area contributed by atoms with Crippen LogP contribution in [0.4, 0.5) is 5.69 Å². The number of carbonyl (C=O) groups is 1. The van der Waals surface area contributed by atoms with Crippen molar-refractivity contribution in [2.75, 3.05) is 25.9 Å². The molecular formula is C13H20N4O. The zero-order chi connectivity index (χ0) is 13.1. The van der Waals surface area contributed by atoms with Crippen molar-refractivity contribution < 1.29 is 4.79 Å². The quantitative estimate of drug-likeness (QED) is 0.808. The molecule has 0 saturated heterocycles. The van der Waals surface area contributed by atoms with E-state index in [-0.39, 0.29) is 5.91 Å². The molecule has 1 heterocycles. The molecule has 1 amide bonds. The maximum atomic E-state index is 12.0. The topological polar surface area (TPSA) is 71.2 Å². The normalized spacial score (nSPS) is 14.8. The van der Waals surface area contributed by atoms with Crippen LogP contribution in [0.15, 0.2) is 12.3 Å². The van der Waals surface area contributed by atoms with Gasteiger partial charge in [-0.05, 0) is 32.9 Å². The van der Waals surface area contributed by atoms with Gasteiger partial charge in [0.15, 0.2) is 0 Å². The Morgan fingerprint density at radius 1 is 1.61 bits per heavy atom. The second kappa shape index (κ2) is 5.35. The van der Waals surface area contributed by atoms with E-state index in [1.807, 2.05) is 6.92 Å². The molecule has 1 saturated carbocycles. The van der Waals surface area contributed by atoms with E-state index in [1.54, 1.807) is 12.3 Å². The first-order chi connectivity index (χ1) is 8.58. The average Bonchev–Trinajstić information content (AvgIpc) is 3.16. The Kier molecular flexibility index (Phi) is 3.81. The molecule has 1 aromatic rings. The van der Waals surface area contributed by atoms with Crippen molar-refractivity contribution in [3.8, 4) is 0 Å². The number of anilines is 1. The number of nitrogen functional groups attached to an aromatic ring is 1. The molecule has 5 nitrogen and oxygen atoms in total. The number of rotatable bonds is 5. The fourth-order valence-electron chi connectivity index (χ4n) is 1.92. The second-order valence-corrected chi connectivity index (χ2v) is 4.87. The first-order valence-corrected chi connectivity index (χ1v) is 6.28. The van der Waals surface area contributed by atoms with Gasteiger partial charge >= 0.3 is 0 Å². The Morgan fingerprint density at radius 3 is 3.00 bits per heavy atom. The lowest BCUT2D eigenvalue weighted by Crippen LogP contribution is -2.34. The fraction of sp³-hybridized carbons (Fsp3) is 0.538. The van der Waals surface area contributed by atoms with Crippen LogP contribution in [0.5, 0.6) is 0 Å². The van der Waals surface area contributed by atoms with Gasteiger partial charge in [-0.3, -0.25) is 9.78 Å². The maximum absolute atomic E-state index is 12.0. The Balaban J connectivity index is 1.85. The van der Waals surface area contributed by atoms with Crippen LogP contribution >= 0.6 is 0 Å². The van der Waals surface area contributed by atoms with E-state index in [9.17, 15) is 4.79 Å². The summed E-state index contributed by atoms with van der Waals surface area (Å²) in [4.78, 5) is 18.3. The maximum Gasteiger partial charge on any atom is 0.253 e. The SMILES string of the molecule is Cc1ncc(N)cc1C(=O)NCCN(C)C1CC1. The minimum Gasteiger partial charge on any atom is -0.397 e. The number of hydrogen-bond donors (Lipinski definition) is 2. The number of nitrogens with one attached hydrogen (secondary N) is 1. The van der Waals surface area contributed by atoms with Crippen LogP contribution in [-0.2, 0) is 0 Å². The minimum absolute atomic E-state index is 0.100. The van der Waals surface area contributed by atoms with Gasteiger partial charge < -0.3 is 16.0 Å². The molecule has 0 aliphatic heterocycles. The van der Waals surface area contributed by atoms with Gasteiger partial charge in [0.2, 0.25) is 0 Å². The van der Waals surface area contributed by atoms with Crippen LogP contribution in [0, 0.1) is 6.92 Å². The molecule has 5 heteroatoms. The summed E-state index contributed by atoms with van der Waals surface area (Å²) in [6.07, 6.45) is 4.12. The monoisotopic (exact) mass is 248 g/mol. The summed E-state index contributed by atoms with van der Waals surface area (Å²) in [6, 6.07) is 2.39. The molecule has 0 atom stereocenters. The molecule has 0 bridgehead atoms. The lowest BCUT2D eigenvalue weighted by Gasteiger charge is -2.16. The van der Waals surface area contributed by atoms with Crippen molar-refractivity contribution in [1.82, 2.24) is 15.2 Å². The van der Waals surface area contributed by atoms with Gasteiger partial charge in [-0.2, -0.15) is 0 Å². The summed E-state index contributed by atoms with van der Waals surface area (Å²) < 4.78 is 0. The van der Waals surface area contributed by atoms with Gasteiger partial charge in [-0.25, -0.2) is 0 Å². The van der Waals surface area contributed by atoms with Gasteiger partial charge in [-0.1, -0.05) is 0 Å². The molecule has 2 rings (SSSR count). The average molecular weight is 248 g/mol. The minimum atomic E-state index is -0.100. The number of likely N-dealkylation sites (N-methyl/N-ethyl adjacent to an activating group) is 1. The predicted octanol–water partition coefficient (Wildman–Crippen LogP) is 0.796. The number of nitrogens with two attached hydrogens (primary N) is 1. The lowest BCUT2D eigenvalue weighted by molar-refractivity contribution is 0.0948. The third kappa shape index (κ3) is 3.20. The van der Waals surface area contributed by atoms with Gasteiger partial charge in [0.25, 0.3) is 5.91 Å². The predicted molar refractivity (Wildman–Crippen MR) is 71.4 cm³/mol. The lowest BCUT2D eigenvalue weighted by atomic mass is 10.2. The molecule has 18 heavy (non-hydrogen) atoms. The molecule has 3 N–H and O–H groups in total. The first-order valence-electron chi connectivity index (χ1n) is 6.28. The van der Waals surface area contributed by atoms with E-state index in [4.69, 9.17) is 5.73 Å². The number of aromatic nitrogens is 1.